The fourth-order valence-corrected chi connectivity index (χ4v) is 2.58. The van der Waals surface area contributed by atoms with Gasteiger partial charge in [-0.15, -0.1) is 0 Å². The van der Waals surface area contributed by atoms with E-state index in [-0.39, 0.29) is 12.3 Å². The van der Waals surface area contributed by atoms with Crippen LogP contribution in [0.5, 0.6) is 0 Å². The van der Waals surface area contributed by atoms with E-state index in [0.29, 0.717) is 11.1 Å². The van der Waals surface area contributed by atoms with Crippen molar-refractivity contribution in [2.24, 2.45) is 5.10 Å². The highest BCUT2D eigenvalue weighted by molar-refractivity contribution is 9.10. The number of rotatable bonds is 2. The van der Waals surface area contributed by atoms with Crippen molar-refractivity contribution in [1.29, 1.82) is 0 Å². The van der Waals surface area contributed by atoms with Crippen molar-refractivity contribution >= 4 is 28.1 Å². The maximum atomic E-state index is 12.5. The van der Waals surface area contributed by atoms with Crippen LogP contribution >= 0.6 is 15.9 Å². The molecular formula is C16H13BrN2O2. The second kappa shape index (κ2) is 5.42. The van der Waals surface area contributed by atoms with Crippen molar-refractivity contribution < 1.29 is 9.90 Å². The van der Waals surface area contributed by atoms with Gasteiger partial charge in [0, 0.05) is 28.2 Å². The Bertz CT molecular complexity index is 685. The average Bonchev–Trinajstić information content (AvgIpc) is 2.91. The van der Waals surface area contributed by atoms with E-state index >= 15 is 0 Å². The van der Waals surface area contributed by atoms with Gasteiger partial charge in [-0.25, -0.2) is 0 Å². The molecule has 1 atom stereocenters. The van der Waals surface area contributed by atoms with Crippen molar-refractivity contribution in [2.45, 2.75) is 12.1 Å². The standard InChI is InChI=1S/C16H13BrN2O2/c17-14-8-6-13(7-9-14)16(21)10-11-18-19(16)15(20)12-4-2-1-3-5-12/h1-9,11,21H,10H2/t16-/m0/s1. The molecular weight excluding hydrogens is 332 g/mol. The maximum Gasteiger partial charge on any atom is 0.276 e. The van der Waals surface area contributed by atoms with Crippen molar-refractivity contribution in [3.63, 3.8) is 0 Å². The Hall–Kier alpha value is -1.98. The predicted octanol–water partition coefficient (Wildman–Crippen LogP) is 3.13. The molecule has 1 N–H and O–H groups in total. The van der Waals surface area contributed by atoms with Crippen LogP contribution in [0.15, 0.2) is 64.2 Å². The van der Waals surface area contributed by atoms with Gasteiger partial charge < -0.3 is 5.11 Å². The van der Waals surface area contributed by atoms with E-state index in [1.807, 2.05) is 18.2 Å². The number of nitrogens with zero attached hydrogens (tertiary/aromatic N) is 2. The molecule has 4 nitrogen and oxygen atoms in total. The summed E-state index contributed by atoms with van der Waals surface area (Å²) in [5.74, 6) is -0.324. The molecule has 1 heterocycles. The van der Waals surface area contributed by atoms with Crippen LogP contribution in [-0.2, 0) is 5.72 Å². The molecule has 1 aliphatic heterocycles. The van der Waals surface area contributed by atoms with Gasteiger partial charge in [0.05, 0.1) is 0 Å². The summed E-state index contributed by atoms with van der Waals surface area (Å²) < 4.78 is 0.912. The van der Waals surface area contributed by atoms with Gasteiger partial charge in [0.15, 0.2) is 5.72 Å². The highest BCUT2D eigenvalue weighted by Gasteiger charge is 2.42. The van der Waals surface area contributed by atoms with E-state index in [9.17, 15) is 9.90 Å². The van der Waals surface area contributed by atoms with Crippen LogP contribution in [0.25, 0.3) is 0 Å². The minimum Gasteiger partial charge on any atom is -0.365 e. The lowest BCUT2D eigenvalue weighted by atomic mass is 9.99. The number of halogens is 1. The molecule has 0 bridgehead atoms. The number of hydrogen-bond donors (Lipinski definition) is 1. The number of hydrazone groups is 1. The Morgan fingerprint density at radius 3 is 2.48 bits per heavy atom. The molecule has 0 unspecified atom stereocenters. The summed E-state index contributed by atoms with van der Waals surface area (Å²) in [6, 6.07) is 16.0. The minimum atomic E-state index is -1.44. The van der Waals surface area contributed by atoms with Gasteiger partial charge in [-0.2, -0.15) is 10.1 Å². The van der Waals surface area contributed by atoms with Crippen LogP contribution in [0.4, 0.5) is 0 Å². The summed E-state index contributed by atoms with van der Waals surface area (Å²) in [7, 11) is 0. The van der Waals surface area contributed by atoms with E-state index < -0.39 is 5.72 Å². The molecule has 2 aromatic rings. The highest BCUT2D eigenvalue weighted by Crippen LogP contribution is 2.34. The zero-order valence-electron chi connectivity index (χ0n) is 11.1. The number of hydrogen-bond acceptors (Lipinski definition) is 3. The quantitative estimate of drug-likeness (QED) is 0.909. The fraction of sp³-hybridized carbons (Fsp3) is 0.125. The second-order valence-corrected chi connectivity index (χ2v) is 5.72. The lowest BCUT2D eigenvalue weighted by molar-refractivity contribution is -0.0764. The summed E-state index contributed by atoms with van der Waals surface area (Å²) >= 11 is 3.36. The summed E-state index contributed by atoms with van der Waals surface area (Å²) in [5, 5.41) is 16.1. The van der Waals surface area contributed by atoms with Crippen LogP contribution in [0, 0.1) is 0 Å². The van der Waals surface area contributed by atoms with E-state index in [1.54, 1.807) is 42.6 Å². The minimum absolute atomic E-state index is 0.271. The number of aliphatic hydroxyl groups is 1. The van der Waals surface area contributed by atoms with E-state index in [2.05, 4.69) is 21.0 Å². The Morgan fingerprint density at radius 2 is 1.81 bits per heavy atom. The molecule has 21 heavy (non-hydrogen) atoms. The van der Waals surface area contributed by atoms with Crippen LogP contribution in [0.3, 0.4) is 0 Å². The molecule has 0 saturated carbocycles. The Morgan fingerprint density at radius 1 is 1.14 bits per heavy atom. The molecule has 0 aliphatic carbocycles. The largest absolute Gasteiger partial charge is 0.365 e. The summed E-state index contributed by atoms with van der Waals surface area (Å²) in [6.45, 7) is 0. The summed E-state index contributed by atoms with van der Waals surface area (Å²) in [4.78, 5) is 12.5. The average molecular weight is 345 g/mol. The normalized spacial score (nSPS) is 20.8. The Labute approximate surface area is 130 Å². The van der Waals surface area contributed by atoms with Gasteiger partial charge in [-0.1, -0.05) is 46.3 Å². The van der Waals surface area contributed by atoms with E-state index in [0.717, 1.165) is 9.48 Å². The molecule has 0 spiro atoms. The zero-order chi connectivity index (χ0) is 14.9. The van der Waals surface area contributed by atoms with Gasteiger partial charge in [0.25, 0.3) is 5.91 Å². The second-order valence-electron chi connectivity index (χ2n) is 4.81. The third-order valence-electron chi connectivity index (χ3n) is 3.44. The van der Waals surface area contributed by atoms with Gasteiger partial charge in [0.1, 0.15) is 0 Å². The van der Waals surface area contributed by atoms with Crippen molar-refractivity contribution in [2.75, 3.05) is 0 Å². The molecule has 0 fully saturated rings. The number of amides is 1. The highest BCUT2D eigenvalue weighted by atomic mass is 79.9. The van der Waals surface area contributed by atoms with Gasteiger partial charge in [0.2, 0.25) is 0 Å². The van der Waals surface area contributed by atoms with Gasteiger partial charge in [-0.3, -0.25) is 4.79 Å². The van der Waals surface area contributed by atoms with Crippen molar-refractivity contribution in [3.05, 3.63) is 70.2 Å². The number of carbonyl (C=O) groups is 1. The van der Waals surface area contributed by atoms with Crippen LogP contribution in [0.1, 0.15) is 22.3 Å². The van der Waals surface area contributed by atoms with E-state index in [1.165, 1.54) is 0 Å². The zero-order valence-corrected chi connectivity index (χ0v) is 12.7. The van der Waals surface area contributed by atoms with Crippen LogP contribution < -0.4 is 0 Å². The first kappa shape index (κ1) is 14.0. The third-order valence-corrected chi connectivity index (χ3v) is 3.97. The molecule has 106 valence electrons. The molecule has 3 rings (SSSR count). The van der Waals surface area contributed by atoms with Crippen LogP contribution in [-0.4, -0.2) is 22.2 Å². The first-order valence-corrected chi connectivity index (χ1v) is 7.31. The Kier molecular flexibility index (Phi) is 3.61. The van der Waals surface area contributed by atoms with E-state index in [4.69, 9.17) is 0 Å². The smallest absolute Gasteiger partial charge is 0.276 e. The molecule has 2 aromatic carbocycles. The van der Waals surface area contributed by atoms with Gasteiger partial charge >= 0.3 is 0 Å². The maximum absolute atomic E-state index is 12.5. The van der Waals surface area contributed by atoms with Crippen LogP contribution in [0.2, 0.25) is 0 Å². The lowest BCUT2D eigenvalue weighted by Crippen LogP contribution is -2.43. The summed E-state index contributed by atoms with van der Waals surface area (Å²) in [6.07, 6.45) is 1.83. The summed E-state index contributed by atoms with van der Waals surface area (Å²) in [5.41, 5.74) is -0.312. The topological polar surface area (TPSA) is 52.9 Å². The Balaban J connectivity index is 1.96. The predicted molar refractivity (Wildman–Crippen MR) is 83.8 cm³/mol. The number of benzene rings is 2. The molecule has 1 aliphatic rings. The molecule has 5 heteroatoms. The van der Waals surface area contributed by atoms with Gasteiger partial charge in [-0.05, 0) is 24.3 Å². The molecule has 0 aromatic heterocycles. The molecule has 0 saturated heterocycles. The first-order chi connectivity index (χ1) is 10.1. The first-order valence-electron chi connectivity index (χ1n) is 6.52. The SMILES string of the molecule is O=C(c1ccccc1)N1N=CC[C@]1(O)c1ccc(Br)cc1. The lowest BCUT2D eigenvalue weighted by Gasteiger charge is -2.31. The third kappa shape index (κ3) is 2.50. The molecule has 0 radical (unpaired) electrons. The fourth-order valence-electron chi connectivity index (χ4n) is 2.31. The van der Waals surface area contributed by atoms with Crippen molar-refractivity contribution in [3.8, 4) is 0 Å². The monoisotopic (exact) mass is 344 g/mol. The molecule has 1 amide bonds. The number of carbonyl (C=O) groups excluding carboxylic acids is 1. The van der Waals surface area contributed by atoms with Crippen molar-refractivity contribution in [1.82, 2.24) is 5.01 Å².